The van der Waals surface area contributed by atoms with Gasteiger partial charge in [0.1, 0.15) is 0 Å². The Kier molecular flexibility index (Phi) is 0.920. The predicted octanol–water partition coefficient (Wildman–Crippen LogP) is -3.03. The van der Waals surface area contributed by atoms with E-state index in [0.717, 1.165) is 4.81 Å². The first-order chi connectivity index (χ1) is 5.52. The molecule has 0 N–H and O–H groups in total. The van der Waals surface area contributed by atoms with Crippen LogP contribution in [0.5, 0.6) is 0 Å². The van der Waals surface area contributed by atoms with E-state index in [1.54, 1.807) is 0 Å². The molecular formula is C5H2BNO5. The van der Waals surface area contributed by atoms with Crippen molar-refractivity contribution in [3.63, 3.8) is 0 Å². The molecule has 2 saturated heterocycles. The van der Waals surface area contributed by atoms with Crippen molar-refractivity contribution in [3.8, 4) is 0 Å². The van der Waals surface area contributed by atoms with Crippen molar-refractivity contribution in [1.29, 1.82) is 0 Å². The van der Waals surface area contributed by atoms with Crippen LogP contribution in [0.2, 0.25) is 0 Å². The molecular weight excluding hydrogens is 165 g/mol. The molecule has 7 heteroatoms. The monoisotopic (exact) mass is 167 g/mol. The van der Waals surface area contributed by atoms with E-state index in [-0.39, 0.29) is 0 Å². The van der Waals surface area contributed by atoms with Crippen LogP contribution in [-0.2, 0) is 23.9 Å². The van der Waals surface area contributed by atoms with Gasteiger partial charge in [0.05, 0.1) is 0 Å². The third-order valence-electron chi connectivity index (χ3n) is 2.05. The van der Waals surface area contributed by atoms with E-state index in [0.29, 0.717) is 0 Å². The maximum absolute atomic E-state index is 11.0. The highest BCUT2D eigenvalue weighted by Gasteiger charge is 2.78. The number of nitrogens with zero attached hydrogens (tertiary/aromatic N) is 1. The summed E-state index contributed by atoms with van der Waals surface area (Å²) >= 11 is 0. The standard InChI is InChI=1S/C5H2BNO5/c6-7-1(8)5(2(7)9)3(10)12-4(5)11/h6H2. The summed E-state index contributed by atoms with van der Waals surface area (Å²) in [4.78, 5) is 44.1. The fourth-order valence-corrected chi connectivity index (χ4v) is 1.26. The van der Waals surface area contributed by atoms with Crippen LogP contribution in [0.4, 0.5) is 0 Å². The van der Waals surface area contributed by atoms with Gasteiger partial charge in [0.2, 0.25) is 7.98 Å². The molecule has 2 aliphatic rings. The number of β-lactam (4-membered cyclic amide) rings is 2. The second-order valence-corrected chi connectivity index (χ2v) is 2.60. The number of esters is 2. The van der Waals surface area contributed by atoms with E-state index in [9.17, 15) is 19.2 Å². The number of carbonyl (C=O) groups is 4. The number of rotatable bonds is 0. The third-order valence-corrected chi connectivity index (χ3v) is 2.05. The van der Waals surface area contributed by atoms with Gasteiger partial charge in [-0.15, -0.1) is 0 Å². The summed E-state index contributed by atoms with van der Waals surface area (Å²) in [6.07, 6.45) is 0. The highest BCUT2D eigenvalue weighted by atomic mass is 16.6. The van der Waals surface area contributed by atoms with Crippen LogP contribution in [0.25, 0.3) is 0 Å². The molecule has 12 heavy (non-hydrogen) atoms. The van der Waals surface area contributed by atoms with Crippen LogP contribution < -0.4 is 0 Å². The molecule has 2 amide bonds. The van der Waals surface area contributed by atoms with Crippen LogP contribution in [0.1, 0.15) is 0 Å². The van der Waals surface area contributed by atoms with Gasteiger partial charge >= 0.3 is 17.4 Å². The molecule has 0 aromatic rings. The second kappa shape index (κ2) is 1.57. The molecule has 2 heterocycles. The Morgan fingerprint density at radius 2 is 1.50 bits per heavy atom. The molecule has 0 aromatic heterocycles. The largest absolute Gasteiger partial charge is 0.390 e. The summed E-state index contributed by atoms with van der Waals surface area (Å²) in [5, 5.41) is 0. The number of amides is 2. The second-order valence-electron chi connectivity index (χ2n) is 2.60. The molecule has 0 unspecified atom stereocenters. The van der Waals surface area contributed by atoms with Crippen LogP contribution >= 0.6 is 0 Å². The first kappa shape index (κ1) is 7.02. The smallest absolute Gasteiger partial charge is 0.350 e. The van der Waals surface area contributed by atoms with Crippen molar-refractivity contribution in [3.05, 3.63) is 0 Å². The van der Waals surface area contributed by atoms with Crippen molar-refractivity contribution >= 4 is 31.7 Å². The van der Waals surface area contributed by atoms with Gasteiger partial charge in [0.25, 0.3) is 11.8 Å². The van der Waals surface area contributed by atoms with E-state index in [4.69, 9.17) is 0 Å². The van der Waals surface area contributed by atoms with Crippen LogP contribution in [0.15, 0.2) is 0 Å². The van der Waals surface area contributed by atoms with Crippen molar-refractivity contribution in [1.82, 2.24) is 4.81 Å². The average molecular weight is 167 g/mol. The van der Waals surface area contributed by atoms with Crippen LogP contribution in [0.3, 0.4) is 0 Å². The van der Waals surface area contributed by atoms with E-state index in [2.05, 4.69) is 4.74 Å². The van der Waals surface area contributed by atoms with Gasteiger partial charge < -0.3 is 9.55 Å². The highest BCUT2D eigenvalue weighted by molar-refractivity contribution is 6.55. The van der Waals surface area contributed by atoms with Gasteiger partial charge in [-0.05, 0) is 0 Å². The number of cyclic esters (lactones) is 2. The maximum Gasteiger partial charge on any atom is 0.350 e. The molecule has 2 rings (SSSR count). The van der Waals surface area contributed by atoms with Gasteiger partial charge in [0, 0.05) is 0 Å². The number of carbonyl (C=O) groups excluding carboxylic acids is 4. The molecule has 2 fully saturated rings. The van der Waals surface area contributed by atoms with Crippen LogP contribution in [0, 0.1) is 5.41 Å². The Morgan fingerprint density at radius 3 is 1.75 bits per heavy atom. The quantitative estimate of drug-likeness (QED) is 0.166. The molecule has 60 valence electrons. The minimum Gasteiger partial charge on any atom is -0.390 e. The van der Waals surface area contributed by atoms with Gasteiger partial charge in [-0.1, -0.05) is 0 Å². The van der Waals surface area contributed by atoms with Crippen LogP contribution in [-0.4, -0.2) is 36.5 Å². The lowest BCUT2D eigenvalue weighted by Crippen LogP contribution is -2.78. The molecule has 0 bridgehead atoms. The van der Waals surface area contributed by atoms with Crippen molar-refractivity contribution in [2.75, 3.05) is 0 Å². The van der Waals surface area contributed by atoms with Crippen molar-refractivity contribution < 1.29 is 23.9 Å². The lowest BCUT2D eigenvalue weighted by molar-refractivity contribution is -0.208. The van der Waals surface area contributed by atoms with Gasteiger partial charge in [-0.3, -0.25) is 9.59 Å². The predicted molar refractivity (Wildman–Crippen MR) is 33.9 cm³/mol. The Bertz CT molecular complexity index is 316. The summed E-state index contributed by atoms with van der Waals surface area (Å²) in [6.45, 7) is 0. The Morgan fingerprint density at radius 1 is 1.08 bits per heavy atom. The summed E-state index contributed by atoms with van der Waals surface area (Å²) in [5.41, 5.74) is -2.10. The normalized spacial score (nSPS) is 25.2. The Labute approximate surface area is 66.9 Å². The van der Waals surface area contributed by atoms with Crippen molar-refractivity contribution in [2.24, 2.45) is 5.41 Å². The maximum atomic E-state index is 11.0. The molecule has 0 atom stereocenters. The van der Waals surface area contributed by atoms with Gasteiger partial charge in [0.15, 0.2) is 0 Å². The van der Waals surface area contributed by atoms with E-state index in [1.165, 1.54) is 7.98 Å². The summed E-state index contributed by atoms with van der Waals surface area (Å²) in [6, 6.07) is 0. The molecule has 6 nitrogen and oxygen atoms in total. The first-order valence-corrected chi connectivity index (χ1v) is 3.12. The lowest BCUT2D eigenvalue weighted by atomic mass is 9.72. The van der Waals surface area contributed by atoms with Crippen molar-refractivity contribution in [2.45, 2.75) is 0 Å². The minimum atomic E-state index is -2.10. The highest BCUT2D eigenvalue weighted by Crippen LogP contribution is 2.41. The average Bonchev–Trinajstić information content (AvgIpc) is 2.04. The summed E-state index contributed by atoms with van der Waals surface area (Å²) < 4.78 is 3.94. The molecule has 1 spiro atoms. The van der Waals surface area contributed by atoms with Gasteiger partial charge in [-0.25, -0.2) is 9.59 Å². The fraction of sp³-hybridized carbons (Fsp3) is 0.200. The van der Waals surface area contributed by atoms with Gasteiger partial charge in [-0.2, -0.15) is 0 Å². The molecule has 0 aliphatic carbocycles. The summed E-state index contributed by atoms with van der Waals surface area (Å²) in [5.74, 6) is -3.70. The van der Waals surface area contributed by atoms with E-state index >= 15 is 0 Å². The number of hydrogen-bond acceptors (Lipinski definition) is 5. The first-order valence-electron chi connectivity index (χ1n) is 3.12. The molecule has 0 radical (unpaired) electrons. The molecule has 2 aliphatic heterocycles. The Balaban J connectivity index is 2.47. The lowest BCUT2D eigenvalue weighted by Gasteiger charge is -2.44. The zero-order chi connectivity index (χ0) is 9.09. The Hall–Kier alpha value is -1.66. The zero-order valence-electron chi connectivity index (χ0n) is 5.99. The minimum absolute atomic E-state index is 0.721. The number of hydrogen-bond donors (Lipinski definition) is 0. The third kappa shape index (κ3) is 0.382. The summed E-state index contributed by atoms with van der Waals surface area (Å²) in [7, 11) is 1.20. The molecule has 0 aromatic carbocycles. The molecule has 0 saturated carbocycles. The van der Waals surface area contributed by atoms with E-state index < -0.39 is 29.2 Å². The van der Waals surface area contributed by atoms with E-state index in [1.807, 2.05) is 0 Å². The fourth-order valence-electron chi connectivity index (χ4n) is 1.26. The zero-order valence-corrected chi connectivity index (χ0v) is 5.99. The number of ether oxygens (including phenoxy) is 1. The SMILES string of the molecule is BN1C(=O)C2(C(=O)OC2=O)C1=O. The topological polar surface area (TPSA) is 80.8 Å². The number of imide groups is 1.